The Hall–Kier alpha value is -0.400. The monoisotopic (exact) mass is 456 g/mol. The lowest BCUT2D eigenvalue weighted by molar-refractivity contribution is -0.0277. The molecular formula is C21H44O10. The molecule has 1 atom stereocenters. The lowest BCUT2D eigenvalue weighted by Crippen LogP contribution is -2.18. The maximum Gasteiger partial charge on any atom is 0.0773 e. The largest absolute Gasteiger partial charge is 0.394 e. The van der Waals surface area contributed by atoms with E-state index in [2.05, 4.69) is 0 Å². The second-order valence-corrected chi connectivity index (χ2v) is 6.53. The predicted molar refractivity (Wildman–Crippen MR) is 115 cm³/mol. The lowest BCUT2D eigenvalue weighted by atomic mass is 10.2. The fourth-order valence-electron chi connectivity index (χ4n) is 2.24. The topological polar surface area (TPSA) is 114 Å². The minimum absolute atomic E-state index is 0.0291. The molecule has 0 aromatic carbocycles. The van der Waals surface area contributed by atoms with Gasteiger partial charge in [0.2, 0.25) is 0 Å². The van der Waals surface area contributed by atoms with Crippen molar-refractivity contribution in [2.45, 2.75) is 25.9 Å². The van der Waals surface area contributed by atoms with Crippen molar-refractivity contribution in [3.05, 3.63) is 0 Å². The summed E-state index contributed by atoms with van der Waals surface area (Å²) in [7, 11) is 0. The van der Waals surface area contributed by atoms with E-state index in [1.54, 1.807) is 0 Å². The van der Waals surface area contributed by atoms with Gasteiger partial charge in [-0.1, -0.05) is 13.3 Å². The molecule has 0 aromatic heterocycles. The summed E-state index contributed by atoms with van der Waals surface area (Å²) in [6.45, 7) is 9.80. The number of hydrogen-bond donors (Lipinski definition) is 2. The molecule has 10 heteroatoms. The molecule has 0 aromatic rings. The van der Waals surface area contributed by atoms with Crippen LogP contribution in [0, 0.1) is 0 Å². The molecule has 0 radical (unpaired) electrons. The summed E-state index contributed by atoms with van der Waals surface area (Å²) >= 11 is 0. The average Bonchev–Trinajstić information content (AvgIpc) is 2.77. The Balaban J connectivity index is 3.02. The van der Waals surface area contributed by atoms with Gasteiger partial charge in [0, 0.05) is 0 Å². The van der Waals surface area contributed by atoms with E-state index in [4.69, 9.17) is 43.0 Å². The van der Waals surface area contributed by atoms with E-state index in [9.17, 15) is 5.11 Å². The van der Waals surface area contributed by atoms with Crippen LogP contribution in [0.15, 0.2) is 0 Å². The van der Waals surface area contributed by atoms with E-state index in [1.807, 2.05) is 6.92 Å². The maximum atomic E-state index is 9.50. The second kappa shape index (κ2) is 27.6. The summed E-state index contributed by atoms with van der Waals surface area (Å²) in [5, 5.41) is 18.0. The highest BCUT2D eigenvalue weighted by Crippen LogP contribution is 1.96. The lowest BCUT2D eigenvalue weighted by Gasteiger charge is -2.10. The van der Waals surface area contributed by atoms with Gasteiger partial charge in [-0.05, 0) is 6.42 Å². The van der Waals surface area contributed by atoms with E-state index in [0.717, 1.165) is 12.8 Å². The van der Waals surface area contributed by atoms with Crippen molar-refractivity contribution in [3.63, 3.8) is 0 Å². The van der Waals surface area contributed by atoms with Gasteiger partial charge in [-0.15, -0.1) is 0 Å². The summed E-state index contributed by atoms with van der Waals surface area (Å²) in [5.41, 5.74) is 0. The SMILES string of the molecule is CCCC(O)COCCOCCOCCOCCOCCOCCOCCOCCO. The van der Waals surface area contributed by atoms with Gasteiger partial charge in [-0.3, -0.25) is 0 Å². The van der Waals surface area contributed by atoms with Crippen molar-refractivity contribution in [1.29, 1.82) is 0 Å². The van der Waals surface area contributed by atoms with E-state index in [1.165, 1.54) is 0 Å². The molecular weight excluding hydrogens is 412 g/mol. The smallest absolute Gasteiger partial charge is 0.0773 e. The van der Waals surface area contributed by atoms with Gasteiger partial charge in [0.05, 0.1) is 118 Å². The number of rotatable bonds is 27. The highest BCUT2D eigenvalue weighted by molar-refractivity contribution is 4.51. The minimum Gasteiger partial charge on any atom is -0.394 e. The van der Waals surface area contributed by atoms with E-state index >= 15 is 0 Å². The molecule has 0 aliphatic heterocycles. The second-order valence-electron chi connectivity index (χ2n) is 6.53. The zero-order valence-electron chi connectivity index (χ0n) is 19.2. The fourth-order valence-corrected chi connectivity index (χ4v) is 2.24. The standard InChI is InChI=1S/C21H44O10/c1-2-3-21(23)20-31-19-18-30-17-16-29-15-14-28-13-12-27-11-10-26-9-8-25-7-6-24-5-4-22/h21-23H,2-20H2,1H3. The van der Waals surface area contributed by atoms with Crippen molar-refractivity contribution in [3.8, 4) is 0 Å². The van der Waals surface area contributed by atoms with Crippen LogP contribution in [-0.4, -0.2) is 129 Å². The Labute approximate surface area is 187 Å². The van der Waals surface area contributed by atoms with E-state index in [0.29, 0.717) is 106 Å². The molecule has 31 heavy (non-hydrogen) atoms. The van der Waals surface area contributed by atoms with Gasteiger partial charge in [0.15, 0.2) is 0 Å². The molecule has 0 spiro atoms. The highest BCUT2D eigenvalue weighted by Gasteiger charge is 2.01. The van der Waals surface area contributed by atoms with Gasteiger partial charge in [-0.25, -0.2) is 0 Å². The van der Waals surface area contributed by atoms with Crippen LogP contribution in [0.1, 0.15) is 19.8 Å². The Morgan fingerprint density at radius 1 is 0.484 bits per heavy atom. The third-order valence-corrected chi connectivity index (χ3v) is 3.77. The minimum atomic E-state index is -0.382. The molecule has 0 fully saturated rings. The average molecular weight is 457 g/mol. The number of aliphatic hydroxyl groups is 2. The molecule has 1 unspecified atom stereocenters. The van der Waals surface area contributed by atoms with E-state index < -0.39 is 0 Å². The zero-order valence-corrected chi connectivity index (χ0v) is 19.2. The molecule has 0 aliphatic carbocycles. The Bertz CT molecular complexity index is 323. The van der Waals surface area contributed by atoms with Gasteiger partial charge >= 0.3 is 0 Å². The first-order valence-corrected chi connectivity index (χ1v) is 11.2. The number of hydrogen-bond acceptors (Lipinski definition) is 10. The Morgan fingerprint density at radius 2 is 0.774 bits per heavy atom. The summed E-state index contributed by atoms with van der Waals surface area (Å²) < 4.78 is 42.7. The van der Waals surface area contributed by atoms with Crippen molar-refractivity contribution >= 4 is 0 Å². The normalized spacial score (nSPS) is 12.5. The Morgan fingerprint density at radius 3 is 1.06 bits per heavy atom. The van der Waals surface area contributed by atoms with Crippen molar-refractivity contribution < 1.29 is 48.1 Å². The first-order valence-electron chi connectivity index (χ1n) is 11.2. The van der Waals surface area contributed by atoms with Crippen LogP contribution in [0.2, 0.25) is 0 Å². The molecule has 0 saturated carbocycles. The molecule has 0 aliphatic rings. The summed E-state index contributed by atoms with van der Waals surface area (Å²) in [4.78, 5) is 0. The number of ether oxygens (including phenoxy) is 8. The molecule has 0 amide bonds. The molecule has 0 saturated heterocycles. The molecule has 2 N–H and O–H groups in total. The maximum absolute atomic E-state index is 9.50. The van der Waals surface area contributed by atoms with Crippen molar-refractivity contribution in [2.75, 3.05) is 112 Å². The predicted octanol–water partition coefficient (Wildman–Crippen LogP) is 0.273. The van der Waals surface area contributed by atoms with Crippen LogP contribution in [0.3, 0.4) is 0 Å². The summed E-state index contributed by atoms with van der Waals surface area (Å²) in [6.07, 6.45) is 1.33. The zero-order chi connectivity index (χ0) is 22.7. The van der Waals surface area contributed by atoms with Crippen LogP contribution in [-0.2, 0) is 37.9 Å². The molecule has 188 valence electrons. The third-order valence-electron chi connectivity index (χ3n) is 3.77. The van der Waals surface area contributed by atoms with Crippen molar-refractivity contribution in [1.82, 2.24) is 0 Å². The van der Waals surface area contributed by atoms with Crippen LogP contribution in [0.5, 0.6) is 0 Å². The summed E-state index contributed by atoms with van der Waals surface area (Å²) in [6, 6.07) is 0. The molecule has 0 bridgehead atoms. The molecule has 0 heterocycles. The van der Waals surface area contributed by atoms with Crippen molar-refractivity contribution in [2.24, 2.45) is 0 Å². The van der Waals surface area contributed by atoms with Crippen LogP contribution >= 0.6 is 0 Å². The Kier molecular flexibility index (Phi) is 27.3. The quantitative estimate of drug-likeness (QED) is 0.167. The summed E-state index contributed by atoms with van der Waals surface area (Å²) in [5.74, 6) is 0. The molecule has 0 rings (SSSR count). The van der Waals surface area contributed by atoms with E-state index in [-0.39, 0.29) is 12.7 Å². The van der Waals surface area contributed by atoms with Gasteiger partial charge < -0.3 is 48.1 Å². The molecule has 10 nitrogen and oxygen atoms in total. The fraction of sp³-hybridized carbons (Fsp3) is 1.00. The van der Waals surface area contributed by atoms with Gasteiger partial charge in [0.1, 0.15) is 0 Å². The van der Waals surface area contributed by atoms with Gasteiger partial charge in [-0.2, -0.15) is 0 Å². The van der Waals surface area contributed by atoms with Gasteiger partial charge in [0.25, 0.3) is 0 Å². The first kappa shape index (κ1) is 30.6. The van der Waals surface area contributed by atoms with Crippen LogP contribution < -0.4 is 0 Å². The third kappa shape index (κ3) is 27.6. The first-order chi connectivity index (χ1) is 15.3. The highest BCUT2D eigenvalue weighted by atomic mass is 16.6. The van der Waals surface area contributed by atoms with Crippen LogP contribution in [0.25, 0.3) is 0 Å². The van der Waals surface area contributed by atoms with Crippen LogP contribution in [0.4, 0.5) is 0 Å². The number of aliphatic hydroxyl groups excluding tert-OH is 2.